The van der Waals surface area contributed by atoms with Crippen molar-refractivity contribution in [3.05, 3.63) is 48.1 Å². The van der Waals surface area contributed by atoms with Gasteiger partial charge in [-0.1, -0.05) is 24.3 Å². The summed E-state index contributed by atoms with van der Waals surface area (Å²) in [6.07, 6.45) is 7.43. The second kappa shape index (κ2) is 5.83. The largest absolute Gasteiger partial charge is 0.478 e. The van der Waals surface area contributed by atoms with Crippen LogP contribution in [0.1, 0.15) is 0 Å². The molecule has 0 saturated heterocycles. The van der Waals surface area contributed by atoms with E-state index in [2.05, 4.69) is 0 Å². The van der Waals surface area contributed by atoms with Gasteiger partial charge in [0.2, 0.25) is 23.1 Å². The molecule has 2 bridgehead atoms. The predicted octanol–water partition coefficient (Wildman–Crippen LogP) is -0.0972. The van der Waals surface area contributed by atoms with E-state index in [0.29, 0.717) is 0 Å². The number of fused-ring (bicyclic) bond motifs is 1. The zero-order valence-corrected chi connectivity index (χ0v) is 13.1. The molecule has 0 aliphatic heterocycles. The van der Waals surface area contributed by atoms with Crippen molar-refractivity contribution >= 4 is 35.1 Å². The van der Waals surface area contributed by atoms with Crippen molar-refractivity contribution in [2.45, 2.75) is 0 Å². The Labute approximate surface area is 146 Å². The first-order chi connectivity index (χ1) is 12.2. The molecule has 0 heterocycles. The van der Waals surface area contributed by atoms with Crippen molar-refractivity contribution in [2.75, 3.05) is 0 Å². The van der Waals surface area contributed by atoms with Gasteiger partial charge in [-0.2, -0.15) is 0 Å². The Balaban J connectivity index is 2.25. The second-order valence-electron chi connectivity index (χ2n) is 6.23. The van der Waals surface area contributed by atoms with E-state index in [4.69, 9.17) is 10.2 Å². The van der Waals surface area contributed by atoms with E-state index in [1.54, 1.807) is 0 Å². The highest BCUT2D eigenvalue weighted by atomic mass is 16.4. The first kappa shape index (κ1) is 17.4. The van der Waals surface area contributed by atoms with E-state index in [0.717, 1.165) is 30.4 Å². The second-order valence-corrected chi connectivity index (χ2v) is 6.23. The zero-order chi connectivity index (χ0) is 19.2. The van der Waals surface area contributed by atoms with Crippen LogP contribution in [0.25, 0.3) is 0 Å². The number of rotatable bonds is 4. The van der Waals surface area contributed by atoms with Crippen molar-refractivity contribution in [3.63, 3.8) is 0 Å². The lowest BCUT2D eigenvalue weighted by Gasteiger charge is -2.51. The van der Waals surface area contributed by atoms with E-state index < -0.39 is 58.2 Å². The number of allylic oxidation sites excluding steroid dienone is 6. The van der Waals surface area contributed by atoms with Gasteiger partial charge in [0, 0.05) is 17.6 Å². The summed E-state index contributed by atoms with van der Waals surface area (Å²) in [6.45, 7) is 0. The molecule has 4 rings (SSSR count). The van der Waals surface area contributed by atoms with Crippen LogP contribution in [0.5, 0.6) is 0 Å². The van der Waals surface area contributed by atoms with Gasteiger partial charge in [0.25, 0.3) is 0 Å². The Morgan fingerprint density at radius 3 is 2.23 bits per heavy atom. The SMILES string of the molecule is O=C(O)/C=C/C1=C[C@H]2C(=O)C(=O)[C@@H]1[C@@H]1C(=O)C(=O)C=C[C@]21/C=C/C(=O)O. The van der Waals surface area contributed by atoms with Crippen LogP contribution in [0, 0.1) is 23.2 Å². The van der Waals surface area contributed by atoms with Gasteiger partial charge in [-0.05, 0) is 11.6 Å². The molecule has 26 heavy (non-hydrogen) atoms. The summed E-state index contributed by atoms with van der Waals surface area (Å²) in [5.41, 5.74) is -1.29. The number of carboxylic acids is 2. The lowest BCUT2D eigenvalue weighted by atomic mass is 9.47. The van der Waals surface area contributed by atoms with E-state index in [1.807, 2.05) is 0 Å². The van der Waals surface area contributed by atoms with Gasteiger partial charge in [-0.25, -0.2) is 9.59 Å². The summed E-state index contributed by atoms with van der Waals surface area (Å²) in [5.74, 6) is -9.87. The number of ketones is 4. The molecule has 0 spiro atoms. The summed E-state index contributed by atoms with van der Waals surface area (Å²) in [7, 11) is 0. The average molecular weight is 356 g/mol. The Morgan fingerprint density at radius 2 is 1.62 bits per heavy atom. The smallest absolute Gasteiger partial charge is 0.328 e. The normalized spacial score (nSPS) is 33.1. The number of carbonyl (C=O) groups excluding carboxylic acids is 4. The van der Waals surface area contributed by atoms with Crippen LogP contribution in [-0.2, 0) is 28.8 Å². The van der Waals surface area contributed by atoms with Gasteiger partial charge >= 0.3 is 11.9 Å². The molecule has 0 aromatic heterocycles. The Hall–Kier alpha value is -3.42. The van der Waals surface area contributed by atoms with Crippen LogP contribution in [-0.4, -0.2) is 45.3 Å². The molecule has 0 aromatic rings. The third-order valence-electron chi connectivity index (χ3n) is 4.92. The highest BCUT2D eigenvalue weighted by molar-refractivity contribution is 6.48. The summed E-state index contributed by atoms with van der Waals surface area (Å²) in [6, 6.07) is 0. The quantitative estimate of drug-likeness (QED) is 0.525. The molecule has 0 unspecified atom stereocenters. The number of Topliss-reactive ketones (excluding diaryl/α,β-unsaturated/α-hetero) is 3. The maximum atomic E-state index is 12.5. The minimum absolute atomic E-state index is 0.155. The molecule has 8 heteroatoms. The minimum Gasteiger partial charge on any atom is -0.478 e. The lowest BCUT2D eigenvalue weighted by Crippen LogP contribution is -2.61. The first-order valence-corrected chi connectivity index (χ1v) is 7.59. The molecule has 1 saturated carbocycles. The van der Waals surface area contributed by atoms with Crippen molar-refractivity contribution in [3.8, 4) is 0 Å². The molecule has 4 aliphatic rings. The third kappa shape index (κ3) is 2.38. The molecule has 1 fully saturated rings. The van der Waals surface area contributed by atoms with E-state index in [9.17, 15) is 28.8 Å². The Morgan fingerprint density at radius 1 is 0.962 bits per heavy atom. The van der Waals surface area contributed by atoms with Crippen LogP contribution in [0.3, 0.4) is 0 Å². The Kier molecular flexibility index (Phi) is 3.91. The van der Waals surface area contributed by atoms with Crippen LogP contribution in [0.4, 0.5) is 0 Å². The standard InChI is InChI=1S/C18H12O8/c19-10-3-5-18(6-4-12(22)23)9-7-8(1-2-11(20)21)13(14(18)16(10)25)17(26)15(9)24/h1-7,9,13-14H,(H,20,21)(H,22,23)/b2-1+,6-4+/t9-,13-,14+,18-/m0/s1. The molecule has 4 atom stereocenters. The monoisotopic (exact) mass is 356 g/mol. The van der Waals surface area contributed by atoms with Crippen molar-refractivity contribution in [1.29, 1.82) is 0 Å². The van der Waals surface area contributed by atoms with Gasteiger partial charge in [-0.3, -0.25) is 19.2 Å². The number of carbonyl (C=O) groups is 6. The molecular weight excluding hydrogens is 344 g/mol. The lowest BCUT2D eigenvalue weighted by molar-refractivity contribution is -0.154. The van der Waals surface area contributed by atoms with Crippen LogP contribution in [0.15, 0.2) is 48.1 Å². The van der Waals surface area contributed by atoms with Crippen LogP contribution in [0.2, 0.25) is 0 Å². The molecule has 2 N–H and O–H groups in total. The predicted molar refractivity (Wildman–Crippen MR) is 83.7 cm³/mol. The fourth-order valence-electron chi connectivity index (χ4n) is 3.87. The van der Waals surface area contributed by atoms with Gasteiger partial charge in [0.1, 0.15) is 0 Å². The van der Waals surface area contributed by atoms with E-state index in [1.165, 1.54) is 12.2 Å². The number of hydrogen-bond acceptors (Lipinski definition) is 6. The van der Waals surface area contributed by atoms with Crippen molar-refractivity contribution < 1.29 is 39.0 Å². The van der Waals surface area contributed by atoms with Crippen LogP contribution < -0.4 is 0 Å². The topological polar surface area (TPSA) is 143 Å². The molecular formula is C18H12O8. The third-order valence-corrected chi connectivity index (χ3v) is 4.92. The molecule has 8 nitrogen and oxygen atoms in total. The molecule has 4 aliphatic carbocycles. The minimum atomic E-state index is -1.44. The number of carboxylic acid groups (broad SMARTS) is 2. The zero-order valence-electron chi connectivity index (χ0n) is 13.1. The summed E-state index contributed by atoms with van der Waals surface area (Å²) < 4.78 is 0. The van der Waals surface area contributed by atoms with Gasteiger partial charge < -0.3 is 10.2 Å². The van der Waals surface area contributed by atoms with E-state index in [-0.39, 0.29) is 5.57 Å². The van der Waals surface area contributed by atoms with Crippen molar-refractivity contribution in [2.24, 2.45) is 23.2 Å². The Bertz CT molecular complexity index is 900. The molecule has 0 amide bonds. The maximum Gasteiger partial charge on any atom is 0.328 e. The van der Waals surface area contributed by atoms with Gasteiger partial charge in [0.05, 0.1) is 17.8 Å². The first-order valence-electron chi connectivity index (χ1n) is 7.59. The van der Waals surface area contributed by atoms with Gasteiger partial charge in [-0.15, -0.1) is 0 Å². The summed E-state index contributed by atoms with van der Waals surface area (Å²) >= 11 is 0. The van der Waals surface area contributed by atoms with E-state index >= 15 is 0 Å². The fourth-order valence-corrected chi connectivity index (χ4v) is 3.87. The summed E-state index contributed by atoms with van der Waals surface area (Å²) in [4.78, 5) is 70.9. The molecule has 132 valence electrons. The van der Waals surface area contributed by atoms with Crippen molar-refractivity contribution in [1.82, 2.24) is 0 Å². The highest BCUT2D eigenvalue weighted by Crippen LogP contribution is 2.56. The number of hydrogen-bond donors (Lipinski definition) is 2. The summed E-state index contributed by atoms with van der Waals surface area (Å²) in [5, 5.41) is 17.7. The van der Waals surface area contributed by atoms with Gasteiger partial charge in [0.15, 0.2) is 0 Å². The highest BCUT2D eigenvalue weighted by Gasteiger charge is 2.64. The molecule has 0 aromatic carbocycles. The number of aliphatic carboxylic acids is 2. The fraction of sp³-hybridized carbons (Fsp3) is 0.222. The van der Waals surface area contributed by atoms with Crippen LogP contribution >= 0.6 is 0 Å². The maximum absolute atomic E-state index is 12.5. The average Bonchev–Trinajstić information content (AvgIpc) is 2.58. The molecule has 0 radical (unpaired) electrons.